The smallest absolute Gasteiger partial charge is 0.338 e. The molecule has 192 valence electrons. The zero-order chi connectivity index (χ0) is 25.6. The molecule has 0 bridgehead atoms. The Hall–Kier alpha value is -2.69. The molecular formula is C25H34N2O7S. The first kappa shape index (κ1) is 26.9. The number of methoxy groups -OCH3 is 2. The van der Waals surface area contributed by atoms with Crippen LogP contribution in [-0.2, 0) is 26.0 Å². The van der Waals surface area contributed by atoms with E-state index in [0.29, 0.717) is 31.8 Å². The Morgan fingerprint density at radius 2 is 1.69 bits per heavy atom. The van der Waals surface area contributed by atoms with Gasteiger partial charge in [0.05, 0.1) is 19.3 Å². The van der Waals surface area contributed by atoms with E-state index in [1.807, 2.05) is 18.4 Å². The van der Waals surface area contributed by atoms with Crippen LogP contribution < -0.4 is 4.74 Å². The van der Waals surface area contributed by atoms with E-state index in [9.17, 15) is 18.0 Å². The number of nitrogens with zero attached hydrogens (tertiary/aromatic N) is 2. The molecule has 0 atom stereocenters. The van der Waals surface area contributed by atoms with Crippen LogP contribution in [0.3, 0.4) is 0 Å². The minimum Gasteiger partial charge on any atom is -0.495 e. The van der Waals surface area contributed by atoms with Crippen molar-refractivity contribution in [1.82, 2.24) is 8.87 Å². The van der Waals surface area contributed by atoms with Crippen molar-refractivity contribution in [2.75, 3.05) is 40.5 Å². The van der Waals surface area contributed by atoms with Gasteiger partial charge < -0.3 is 18.8 Å². The Morgan fingerprint density at radius 3 is 2.31 bits per heavy atom. The number of aromatic nitrogens is 1. The van der Waals surface area contributed by atoms with Gasteiger partial charge in [0.2, 0.25) is 15.8 Å². The van der Waals surface area contributed by atoms with Crippen molar-refractivity contribution in [1.29, 1.82) is 0 Å². The molecule has 0 amide bonds. The fraction of sp³-hybridized carbons (Fsp3) is 0.520. The topological polar surface area (TPSA) is 104 Å². The van der Waals surface area contributed by atoms with Gasteiger partial charge in [-0.2, -0.15) is 4.31 Å². The summed E-state index contributed by atoms with van der Waals surface area (Å²) in [6, 6.07) is 5.90. The number of hydrogen-bond acceptors (Lipinski definition) is 7. The Morgan fingerprint density at radius 1 is 1.00 bits per heavy atom. The highest BCUT2D eigenvalue weighted by Gasteiger charge is 2.29. The van der Waals surface area contributed by atoms with E-state index in [4.69, 9.17) is 14.2 Å². The van der Waals surface area contributed by atoms with Gasteiger partial charge in [-0.25, -0.2) is 13.2 Å². The third kappa shape index (κ3) is 6.12. The largest absolute Gasteiger partial charge is 0.495 e. The molecule has 1 aliphatic rings. The van der Waals surface area contributed by atoms with Crippen molar-refractivity contribution in [2.45, 2.75) is 51.0 Å². The van der Waals surface area contributed by atoms with Crippen LogP contribution in [0.1, 0.15) is 57.8 Å². The standard InChI is InChI=1S/C25H34N2O7S/c1-18-15-21(19(2)27(18)13-14-32-3)22(28)17-34-25(29)20-9-10-23(33-4)24(16-20)35(30,31)26-11-7-5-6-8-12-26/h9-10,15-16H,5-8,11-14,17H2,1-4H3. The molecule has 9 nitrogen and oxygen atoms in total. The molecule has 0 unspecified atom stereocenters. The lowest BCUT2D eigenvalue weighted by molar-refractivity contribution is 0.0474. The molecule has 0 aliphatic carbocycles. The highest BCUT2D eigenvalue weighted by molar-refractivity contribution is 7.89. The number of esters is 1. The zero-order valence-electron chi connectivity index (χ0n) is 20.8. The summed E-state index contributed by atoms with van der Waals surface area (Å²) in [5.41, 5.74) is 2.20. The molecule has 3 rings (SSSR count). The lowest BCUT2D eigenvalue weighted by Gasteiger charge is -2.21. The summed E-state index contributed by atoms with van der Waals surface area (Å²) in [5, 5.41) is 0. The van der Waals surface area contributed by atoms with E-state index in [1.54, 1.807) is 13.2 Å². The SMILES string of the molecule is COCCn1c(C)cc(C(=O)COC(=O)c2ccc(OC)c(S(=O)(=O)N3CCCCCC3)c2)c1C. The monoisotopic (exact) mass is 506 g/mol. The molecule has 1 saturated heterocycles. The van der Waals surface area contributed by atoms with Crippen molar-refractivity contribution < 1.29 is 32.2 Å². The van der Waals surface area contributed by atoms with E-state index in [1.165, 1.54) is 29.6 Å². The first-order valence-corrected chi connectivity index (χ1v) is 13.2. The van der Waals surface area contributed by atoms with Gasteiger partial charge >= 0.3 is 5.97 Å². The van der Waals surface area contributed by atoms with Gasteiger partial charge in [-0.05, 0) is 51.0 Å². The molecule has 0 radical (unpaired) electrons. The van der Waals surface area contributed by atoms with Gasteiger partial charge in [-0.1, -0.05) is 12.8 Å². The van der Waals surface area contributed by atoms with Crippen molar-refractivity contribution in [2.24, 2.45) is 0 Å². The summed E-state index contributed by atoms with van der Waals surface area (Å²) < 4.78 is 45.7. The Balaban J connectivity index is 1.76. The first-order chi connectivity index (χ1) is 16.7. The number of Topliss-reactive ketones (excluding diaryl/α,β-unsaturated/α-hetero) is 1. The van der Waals surface area contributed by atoms with Gasteiger partial charge in [0, 0.05) is 43.7 Å². The van der Waals surface area contributed by atoms with Gasteiger partial charge in [0.15, 0.2) is 6.61 Å². The van der Waals surface area contributed by atoms with Crippen LogP contribution in [0.25, 0.3) is 0 Å². The molecule has 1 aromatic heterocycles. The Labute approximate surface area is 207 Å². The molecule has 10 heteroatoms. The second-order valence-corrected chi connectivity index (χ2v) is 10.5. The minimum absolute atomic E-state index is 0.0394. The second-order valence-electron chi connectivity index (χ2n) is 8.61. The molecule has 1 aliphatic heterocycles. The molecule has 0 N–H and O–H groups in total. The van der Waals surface area contributed by atoms with Crippen LogP contribution in [0, 0.1) is 13.8 Å². The number of ketones is 1. The Bertz CT molecular complexity index is 1160. The molecule has 1 aromatic carbocycles. The molecule has 1 fully saturated rings. The average molecular weight is 507 g/mol. The summed E-state index contributed by atoms with van der Waals surface area (Å²) >= 11 is 0. The summed E-state index contributed by atoms with van der Waals surface area (Å²) in [6.45, 7) is 5.26. The van der Waals surface area contributed by atoms with E-state index in [-0.39, 0.29) is 22.0 Å². The molecule has 35 heavy (non-hydrogen) atoms. The van der Waals surface area contributed by atoms with Gasteiger partial charge in [0.25, 0.3) is 0 Å². The highest BCUT2D eigenvalue weighted by atomic mass is 32.2. The fourth-order valence-corrected chi connectivity index (χ4v) is 6.03. The maximum atomic E-state index is 13.3. The van der Waals surface area contributed by atoms with Crippen LogP contribution in [0.4, 0.5) is 0 Å². The van der Waals surface area contributed by atoms with Crippen LogP contribution in [0.5, 0.6) is 5.75 Å². The summed E-state index contributed by atoms with van der Waals surface area (Å²) in [6.07, 6.45) is 3.55. The normalized spacial score (nSPS) is 15.0. The second kappa shape index (κ2) is 11.8. The van der Waals surface area contributed by atoms with E-state index >= 15 is 0 Å². The molecule has 0 saturated carbocycles. The third-order valence-electron chi connectivity index (χ3n) is 6.31. The number of carbonyl (C=O) groups is 2. The number of carbonyl (C=O) groups excluding carboxylic acids is 2. The number of rotatable bonds is 10. The van der Waals surface area contributed by atoms with E-state index in [0.717, 1.165) is 37.1 Å². The molecule has 0 spiro atoms. The quantitative estimate of drug-likeness (QED) is 0.359. The first-order valence-electron chi connectivity index (χ1n) is 11.7. The number of benzene rings is 1. The molecule has 2 heterocycles. The van der Waals surface area contributed by atoms with Crippen molar-refractivity contribution >= 4 is 21.8 Å². The lowest BCUT2D eigenvalue weighted by atomic mass is 10.1. The summed E-state index contributed by atoms with van der Waals surface area (Å²) in [7, 11) is -0.853. The van der Waals surface area contributed by atoms with Crippen LogP contribution in [-0.4, -0.2) is 69.6 Å². The van der Waals surface area contributed by atoms with Crippen molar-refractivity contribution in [3.8, 4) is 5.75 Å². The maximum Gasteiger partial charge on any atom is 0.338 e. The van der Waals surface area contributed by atoms with Crippen molar-refractivity contribution in [3.63, 3.8) is 0 Å². The van der Waals surface area contributed by atoms with Crippen LogP contribution >= 0.6 is 0 Å². The summed E-state index contributed by atoms with van der Waals surface area (Å²) in [4.78, 5) is 25.4. The van der Waals surface area contributed by atoms with Crippen LogP contribution in [0.2, 0.25) is 0 Å². The molecular weight excluding hydrogens is 472 g/mol. The van der Waals surface area contributed by atoms with Gasteiger partial charge in [-0.3, -0.25) is 4.79 Å². The highest BCUT2D eigenvalue weighted by Crippen LogP contribution is 2.29. The van der Waals surface area contributed by atoms with Gasteiger partial charge in [0.1, 0.15) is 10.6 Å². The fourth-order valence-electron chi connectivity index (χ4n) is 4.33. The van der Waals surface area contributed by atoms with Crippen molar-refractivity contribution in [3.05, 3.63) is 46.8 Å². The van der Waals surface area contributed by atoms with E-state index in [2.05, 4.69) is 0 Å². The number of aryl methyl sites for hydroxylation is 1. The number of sulfonamides is 1. The lowest BCUT2D eigenvalue weighted by Crippen LogP contribution is -2.32. The predicted molar refractivity (Wildman–Crippen MR) is 131 cm³/mol. The Kier molecular flexibility index (Phi) is 9.09. The number of hydrogen-bond donors (Lipinski definition) is 0. The minimum atomic E-state index is -3.85. The van der Waals surface area contributed by atoms with E-state index < -0.39 is 22.6 Å². The maximum absolute atomic E-state index is 13.3. The van der Waals surface area contributed by atoms with Gasteiger partial charge in [-0.15, -0.1) is 0 Å². The molecule has 2 aromatic rings. The predicted octanol–water partition coefficient (Wildman–Crippen LogP) is 3.36. The summed E-state index contributed by atoms with van der Waals surface area (Å²) in [5.74, 6) is -0.951. The van der Waals surface area contributed by atoms with Crippen LogP contribution in [0.15, 0.2) is 29.2 Å². The average Bonchev–Trinajstić information content (AvgIpc) is 3.03. The zero-order valence-corrected chi connectivity index (χ0v) is 21.7. The third-order valence-corrected chi connectivity index (χ3v) is 8.23. The number of ether oxygens (including phenoxy) is 3.